The van der Waals surface area contributed by atoms with Crippen LogP contribution in [-0.4, -0.2) is 111 Å². The number of benzene rings is 3. The van der Waals surface area contributed by atoms with Gasteiger partial charge in [-0.2, -0.15) is 8.42 Å². The second-order valence-electron chi connectivity index (χ2n) is 15.5. The Morgan fingerprint density at radius 2 is 1.30 bits per heavy atom. The predicted octanol–water partition coefficient (Wildman–Crippen LogP) is 5.89. The van der Waals surface area contributed by atoms with Crippen LogP contribution in [0.25, 0.3) is 0 Å². The number of imidazole rings is 1. The van der Waals surface area contributed by atoms with Crippen LogP contribution in [0.2, 0.25) is 0 Å². The first kappa shape index (κ1) is 40.4. The minimum atomic E-state index is -3.81. The van der Waals surface area contributed by atoms with Crippen molar-refractivity contribution in [2.45, 2.75) is 107 Å². The van der Waals surface area contributed by atoms with E-state index in [-0.39, 0.29) is 42.0 Å². The number of methoxy groups -OCH3 is 2. The molecular formula is C44H58N4O7S. The van der Waals surface area contributed by atoms with Gasteiger partial charge in [0.1, 0.15) is 11.5 Å². The van der Waals surface area contributed by atoms with Gasteiger partial charge in [-0.05, 0) is 92.2 Å². The SMILES string of the molecule is CCCN1C[C@H](COS(=O)(=O)c2ccc(C)cc2)O[C@@H]2Cc3c(cccc3OC)C[C@H]21.CCCN1C[C@H](Cn2ccnc2)O[C@@H]2Cc3c(cccc3OC)C[C@H]21. The van der Waals surface area contributed by atoms with Crippen LogP contribution in [0, 0.1) is 6.92 Å². The number of fused-ring (bicyclic) bond motifs is 4. The average Bonchev–Trinajstić information content (AvgIpc) is 3.72. The van der Waals surface area contributed by atoms with Gasteiger partial charge in [-0.1, -0.05) is 55.8 Å². The summed E-state index contributed by atoms with van der Waals surface area (Å²) in [4.78, 5) is 9.40. The Labute approximate surface area is 333 Å². The van der Waals surface area contributed by atoms with Gasteiger partial charge < -0.3 is 23.5 Å². The van der Waals surface area contributed by atoms with Gasteiger partial charge >= 0.3 is 0 Å². The van der Waals surface area contributed by atoms with Gasteiger partial charge in [-0.25, -0.2) is 4.98 Å². The van der Waals surface area contributed by atoms with E-state index in [2.05, 4.69) is 57.5 Å². The molecule has 0 amide bonds. The molecule has 6 atom stereocenters. The summed E-state index contributed by atoms with van der Waals surface area (Å²) in [5, 5.41) is 0. The van der Waals surface area contributed by atoms with E-state index >= 15 is 0 Å². The zero-order valence-electron chi connectivity index (χ0n) is 33.5. The summed E-state index contributed by atoms with van der Waals surface area (Å²) < 4.78 is 56.9. The van der Waals surface area contributed by atoms with E-state index in [0.29, 0.717) is 12.6 Å². The minimum absolute atomic E-state index is 0.0123. The van der Waals surface area contributed by atoms with Crippen LogP contribution < -0.4 is 9.47 Å². The van der Waals surface area contributed by atoms with Crippen LogP contribution in [-0.2, 0) is 56.0 Å². The molecule has 1 aromatic heterocycles. The van der Waals surface area contributed by atoms with Crippen LogP contribution in [0.5, 0.6) is 11.5 Å². The van der Waals surface area contributed by atoms with Gasteiger partial charge in [0.15, 0.2) is 0 Å². The molecule has 0 radical (unpaired) electrons. The average molecular weight is 787 g/mol. The second-order valence-corrected chi connectivity index (χ2v) is 17.2. The predicted molar refractivity (Wildman–Crippen MR) is 216 cm³/mol. The molecule has 8 rings (SSSR count). The van der Waals surface area contributed by atoms with Crippen molar-refractivity contribution in [1.82, 2.24) is 19.4 Å². The Kier molecular flexibility index (Phi) is 13.1. The lowest BCUT2D eigenvalue weighted by Crippen LogP contribution is -2.59. The molecule has 3 heterocycles. The molecule has 0 saturated carbocycles. The Bertz CT molecular complexity index is 1990. The van der Waals surface area contributed by atoms with Gasteiger partial charge in [-0.3, -0.25) is 14.0 Å². The lowest BCUT2D eigenvalue weighted by atomic mass is 9.83. The van der Waals surface area contributed by atoms with E-state index in [1.54, 1.807) is 38.5 Å². The van der Waals surface area contributed by atoms with Gasteiger partial charge in [0.25, 0.3) is 10.1 Å². The number of nitrogens with zero attached hydrogens (tertiary/aromatic N) is 4. The molecule has 2 aliphatic carbocycles. The number of rotatable bonds is 12. The number of aromatic nitrogens is 2. The third-order valence-corrected chi connectivity index (χ3v) is 13.0. The second kappa shape index (κ2) is 18.2. The maximum absolute atomic E-state index is 12.6. The van der Waals surface area contributed by atoms with Crippen molar-refractivity contribution in [2.75, 3.05) is 47.0 Å². The van der Waals surface area contributed by atoms with E-state index in [1.165, 1.54) is 28.7 Å². The van der Waals surface area contributed by atoms with E-state index in [1.807, 2.05) is 37.8 Å². The summed E-state index contributed by atoms with van der Waals surface area (Å²) in [6, 6.07) is 20.1. The highest BCUT2D eigenvalue weighted by Gasteiger charge is 2.42. The third kappa shape index (κ3) is 9.16. The molecule has 0 unspecified atom stereocenters. The molecule has 2 fully saturated rings. The lowest BCUT2D eigenvalue weighted by Gasteiger charge is -2.47. The molecule has 4 aliphatic rings. The van der Waals surface area contributed by atoms with Gasteiger partial charge in [-0.15, -0.1) is 0 Å². The topological polar surface area (TPSA) is 105 Å². The van der Waals surface area contributed by atoms with E-state index < -0.39 is 10.1 Å². The Balaban J connectivity index is 0.000000175. The van der Waals surface area contributed by atoms with Crippen molar-refractivity contribution in [3.63, 3.8) is 0 Å². The molecule has 0 N–H and O–H groups in total. The summed E-state index contributed by atoms with van der Waals surface area (Å²) >= 11 is 0. The van der Waals surface area contributed by atoms with Crippen LogP contribution in [0.15, 0.2) is 84.3 Å². The number of aryl methyl sites for hydroxylation is 1. The first-order valence-electron chi connectivity index (χ1n) is 20.2. The zero-order valence-corrected chi connectivity index (χ0v) is 34.3. The number of hydrogen-bond donors (Lipinski definition) is 0. The van der Waals surface area contributed by atoms with E-state index in [4.69, 9.17) is 23.1 Å². The van der Waals surface area contributed by atoms with Crippen molar-refractivity contribution in [1.29, 1.82) is 0 Å². The number of hydrogen-bond acceptors (Lipinski definition) is 10. The molecule has 2 saturated heterocycles. The van der Waals surface area contributed by atoms with Gasteiger partial charge in [0.05, 0.1) is 63.0 Å². The molecule has 302 valence electrons. The first-order chi connectivity index (χ1) is 27.2. The molecule has 4 aromatic rings. The maximum atomic E-state index is 12.6. The van der Waals surface area contributed by atoms with Crippen molar-refractivity contribution in [3.8, 4) is 11.5 Å². The fraction of sp³-hybridized carbons (Fsp3) is 0.523. The van der Waals surface area contributed by atoms with E-state index in [9.17, 15) is 8.42 Å². The van der Waals surface area contributed by atoms with Crippen LogP contribution in [0.4, 0.5) is 0 Å². The largest absolute Gasteiger partial charge is 0.496 e. The minimum Gasteiger partial charge on any atom is -0.496 e. The lowest BCUT2D eigenvalue weighted by molar-refractivity contribution is -0.132. The third-order valence-electron chi connectivity index (χ3n) is 11.7. The summed E-state index contributed by atoms with van der Waals surface area (Å²) in [6.07, 6.45) is 11.7. The molecule has 12 heteroatoms. The van der Waals surface area contributed by atoms with E-state index in [0.717, 1.165) is 75.3 Å². The highest BCUT2D eigenvalue weighted by Crippen LogP contribution is 2.37. The van der Waals surface area contributed by atoms with Crippen molar-refractivity contribution in [2.24, 2.45) is 0 Å². The summed E-state index contributed by atoms with van der Waals surface area (Å²) in [7, 11) is -0.361. The van der Waals surface area contributed by atoms with Crippen molar-refractivity contribution >= 4 is 10.1 Å². The number of ether oxygens (including phenoxy) is 4. The molecule has 2 aliphatic heterocycles. The molecule has 0 bridgehead atoms. The quantitative estimate of drug-likeness (QED) is 0.162. The Hall–Kier alpha value is -3.78. The summed E-state index contributed by atoms with van der Waals surface area (Å²) in [6.45, 7) is 11.0. The van der Waals surface area contributed by atoms with Crippen LogP contribution >= 0.6 is 0 Å². The summed E-state index contributed by atoms with van der Waals surface area (Å²) in [5.41, 5.74) is 6.24. The highest BCUT2D eigenvalue weighted by molar-refractivity contribution is 7.86. The molecular weight excluding hydrogens is 729 g/mol. The molecule has 0 spiro atoms. The maximum Gasteiger partial charge on any atom is 0.297 e. The zero-order chi connectivity index (χ0) is 39.2. The first-order valence-corrected chi connectivity index (χ1v) is 21.6. The van der Waals surface area contributed by atoms with Gasteiger partial charge in [0.2, 0.25) is 0 Å². The monoisotopic (exact) mass is 786 g/mol. The summed E-state index contributed by atoms with van der Waals surface area (Å²) in [5.74, 6) is 1.89. The fourth-order valence-electron chi connectivity index (χ4n) is 9.07. The standard InChI is InChI=1S/C24H31NO5S.C20H27N3O2/c1-4-12-25-15-19(16-29-31(26,27)20-10-8-17(2)9-11-20)30-24-14-21-18(13-22(24)25)6-5-7-23(21)28-3;1-3-8-23-13-16(12-22-9-7-21-14-22)25-20-11-17-15(10-18(20)23)5-4-6-19(17)24-2/h5-11,19,22,24H,4,12-16H2,1-3H3;4-7,9,14,16,18,20H,3,8,10-13H2,1-2H3/t19-,22-,24-;16-,18+,20+/m10/s1. The molecule has 56 heavy (non-hydrogen) atoms. The Morgan fingerprint density at radius 1 is 0.750 bits per heavy atom. The van der Waals surface area contributed by atoms with Crippen LogP contribution in [0.1, 0.15) is 54.5 Å². The number of morpholine rings is 2. The normalized spacial score (nSPS) is 24.8. The molecule has 3 aromatic carbocycles. The Morgan fingerprint density at radius 3 is 1.82 bits per heavy atom. The van der Waals surface area contributed by atoms with Crippen LogP contribution in [0.3, 0.4) is 0 Å². The smallest absolute Gasteiger partial charge is 0.297 e. The molecule has 11 nitrogen and oxygen atoms in total. The highest BCUT2D eigenvalue weighted by atomic mass is 32.2. The fourth-order valence-corrected chi connectivity index (χ4v) is 10.0. The van der Waals surface area contributed by atoms with Gasteiger partial charge in [0, 0.05) is 50.4 Å². The van der Waals surface area contributed by atoms with Crippen molar-refractivity contribution < 1.29 is 31.5 Å². The van der Waals surface area contributed by atoms with Crippen molar-refractivity contribution in [3.05, 3.63) is 107 Å².